The third-order valence-electron chi connectivity index (χ3n) is 6.75. The molecule has 0 spiro atoms. The standard InChI is InChI=1S/C24H26ClN5O4.2ClH/c25-18-1-2-19-23-24(18)34-14-17(30(23)22(31)12-28-19)13-29-5-3-15(4-6-29)26-10-16-9-20-21(11-27-16)33-8-7-32-20;;/h1-2,9,11-12,15,17,26H,3-8,10,13-14H2;2*1H. The van der Waals surface area contributed by atoms with E-state index in [2.05, 4.69) is 20.2 Å². The van der Waals surface area contributed by atoms with Gasteiger partial charge in [-0.1, -0.05) is 11.6 Å². The third kappa shape index (κ3) is 5.21. The van der Waals surface area contributed by atoms with Crippen LogP contribution in [0.3, 0.4) is 0 Å². The van der Waals surface area contributed by atoms with Gasteiger partial charge in [0.15, 0.2) is 17.2 Å². The maximum atomic E-state index is 12.7. The van der Waals surface area contributed by atoms with Crippen LogP contribution >= 0.6 is 36.4 Å². The van der Waals surface area contributed by atoms with E-state index in [0.717, 1.165) is 49.4 Å². The average Bonchev–Trinajstić information content (AvgIpc) is 2.87. The SMILES string of the molecule is Cl.Cl.O=c1cnc2ccc(Cl)c3c2n1C(CN1CCC(NCc2cc4c(cn2)OCCO4)CC1)CO3. The monoisotopic (exact) mass is 555 g/mol. The highest BCUT2D eigenvalue weighted by molar-refractivity contribution is 6.33. The van der Waals surface area contributed by atoms with Crippen LogP contribution in [0, 0.1) is 0 Å². The maximum absolute atomic E-state index is 12.7. The smallest absolute Gasteiger partial charge is 0.270 e. The number of pyridine rings is 1. The first kappa shape index (κ1) is 26.8. The molecule has 1 unspecified atom stereocenters. The van der Waals surface area contributed by atoms with Gasteiger partial charge in [-0.05, 0) is 38.1 Å². The van der Waals surface area contributed by atoms with Gasteiger partial charge in [-0.25, -0.2) is 4.98 Å². The molecule has 3 aliphatic heterocycles. The van der Waals surface area contributed by atoms with Crippen molar-refractivity contribution in [3.05, 3.63) is 51.7 Å². The fourth-order valence-corrected chi connectivity index (χ4v) is 5.22. The first-order valence-electron chi connectivity index (χ1n) is 11.7. The minimum atomic E-state index is -0.118. The summed E-state index contributed by atoms with van der Waals surface area (Å²) in [6.45, 7) is 4.91. The predicted molar refractivity (Wildman–Crippen MR) is 142 cm³/mol. The van der Waals surface area contributed by atoms with Crippen molar-refractivity contribution in [3.63, 3.8) is 0 Å². The Bertz CT molecular complexity index is 1280. The number of nitrogens with zero attached hydrogens (tertiary/aromatic N) is 4. The Hall–Kier alpha value is -2.30. The molecule has 6 rings (SSSR count). The van der Waals surface area contributed by atoms with Crippen LogP contribution in [0.25, 0.3) is 11.0 Å². The molecule has 1 fully saturated rings. The van der Waals surface area contributed by atoms with Crippen molar-refractivity contribution in [1.29, 1.82) is 0 Å². The van der Waals surface area contributed by atoms with E-state index in [-0.39, 0.29) is 36.4 Å². The summed E-state index contributed by atoms with van der Waals surface area (Å²) < 4.78 is 19.0. The number of fused-ring (bicyclic) bond motifs is 1. The molecule has 0 bridgehead atoms. The van der Waals surface area contributed by atoms with E-state index in [0.29, 0.717) is 54.4 Å². The molecule has 5 heterocycles. The zero-order chi connectivity index (χ0) is 23.1. The molecular weight excluding hydrogens is 529 g/mol. The van der Waals surface area contributed by atoms with Crippen molar-refractivity contribution in [3.8, 4) is 17.2 Å². The summed E-state index contributed by atoms with van der Waals surface area (Å²) in [7, 11) is 0. The van der Waals surface area contributed by atoms with Crippen molar-refractivity contribution < 1.29 is 14.2 Å². The second-order valence-electron chi connectivity index (χ2n) is 8.95. The number of aromatic nitrogens is 3. The fraction of sp³-hybridized carbons (Fsp3) is 0.458. The van der Waals surface area contributed by atoms with Gasteiger partial charge in [-0.15, -0.1) is 24.8 Å². The first-order chi connectivity index (χ1) is 16.7. The quantitative estimate of drug-likeness (QED) is 0.512. The highest BCUT2D eigenvalue weighted by Crippen LogP contribution is 2.36. The zero-order valence-electron chi connectivity index (χ0n) is 19.5. The molecular formula is C24H28Cl3N5O4. The molecule has 36 heavy (non-hydrogen) atoms. The lowest BCUT2D eigenvalue weighted by Gasteiger charge is -2.36. The van der Waals surface area contributed by atoms with E-state index in [1.54, 1.807) is 12.3 Å². The maximum Gasteiger partial charge on any atom is 0.270 e. The lowest BCUT2D eigenvalue weighted by atomic mass is 10.0. The Morgan fingerprint density at radius 2 is 1.81 bits per heavy atom. The molecule has 1 atom stereocenters. The van der Waals surface area contributed by atoms with Crippen LogP contribution in [-0.4, -0.2) is 64.9 Å². The van der Waals surface area contributed by atoms with Crippen LogP contribution in [0.5, 0.6) is 17.2 Å². The summed E-state index contributed by atoms with van der Waals surface area (Å²) in [4.78, 5) is 23.9. The Balaban J connectivity index is 0.00000152. The van der Waals surface area contributed by atoms with E-state index in [9.17, 15) is 4.79 Å². The molecule has 194 valence electrons. The van der Waals surface area contributed by atoms with Gasteiger partial charge in [0.1, 0.15) is 25.3 Å². The Morgan fingerprint density at radius 1 is 1.03 bits per heavy atom. The fourth-order valence-electron chi connectivity index (χ4n) is 5.01. The lowest BCUT2D eigenvalue weighted by molar-refractivity contribution is 0.139. The summed E-state index contributed by atoms with van der Waals surface area (Å²) in [6, 6.07) is 5.90. The Morgan fingerprint density at radius 3 is 2.61 bits per heavy atom. The minimum Gasteiger partial charge on any atom is -0.488 e. The van der Waals surface area contributed by atoms with E-state index in [4.69, 9.17) is 25.8 Å². The Labute approximate surface area is 225 Å². The molecule has 9 nitrogen and oxygen atoms in total. The molecule has 0 saturated carbocycles. The van der Waals surface area contributed by atoms with Crippen molar-refractivity contribution in [2.75, 3.05) is 39.5 Å². The van der Waals surface area contributed by atoms with Crippen LogP contribution < -0.4 is 25.1 Å². The number of nitrogens with one attached hydrogen (secondary N) is 1. The van der Waals surface area contributed by atoms with E-state index in [1.165, 1.54) is 6.20 Å². The van der Waals surface area contributed by atoms with E-state index < -0.39 is 0 Å². The van der Waals surface area contributed by atoms with Gasteiger partial charge in [0.25, 0.3) is 5.56 Å². The van der Waals surface area contributed by atoms with Crippen molar-refractivity contribution >= 4 is 47.4 Å². The van der Waals surface area contributed by atoms with Gasteiger partial charge in [-0.3, -0.25) is 14.3 Å². The van der Waals surface area contributed by atoms with E-state index >= 15 is 0 Å². The number of ether oxygens (including phenoxy) is 3. The summed E-state index contributed by atoms with van der Waals surface area (Å²) in [5.74, 6) is 2.03. The van der Waals surface area contributed by atoms with Gasteiger partial charge in [0, 0.05) is 25.2 Å². The van der Waals surface area contributed by atoms with Crippen LogP contribution in [0.15, 0.2) is 35.4 Å². The summed E-state index contributed by atoms with van der Waals surface area (Å²) in [5, 5.41) is 4.13. The van der Waals surface area contributed by atoms with Gasteiger partial charge in [0.2, 0.25) is 0 Å². The molecule has 2 aromatic heterocycles. The highest BCUT2D eigenvalue weighted by atomic mass is 35.5. The minimum absolute atomic E-state index is 0. The number of rotatable bonds is 5. The van der Waals surface area contributed by atoms with Crippen molar-refractivity contribution in [1.82, 2.24) is 24.8 Å². The number of likely N-dealkylation sites (tertiary alicyclic amines) is 1. The molecule has 12 heteroatoms. The van der Waals surface area contributed by atoms with Gasteiger partial charge >= 0.3 is 0 Å². The van der Waals surface area contributed by atoms with Crippen molar-refractivity contribution in [2.45, 2.75) is 31.5 Å². The normalized spacial score (nSPS) is 19.2. The van der Waals surface area contributed by atoms with E-state index in [1.807, 2.05) is 16.7 Å². The van der Waals surface area contributed by atoms with Gasteiger partial charge < -0.3 is 24.4 Å². The first-order valence-corrected chi connectivity index (χ1v) is 12.1. The third-order valence-corrected chi connectivity index (χ3v) is 7.05. The molecule has 1 saturated heterocycles. The molecule has 1 N–H and O–H groups in total. The van der Waals surface area contributed by atoms with Crippen LogP contribution in [-0.2, 0) is 6.54 Å². The number of piperidine rings is 1. The molecule has 0 amide bonds. The summed E-state index contributed by atoms with van der Waals surface area (Å²) in [6.07, 6.45) is 5.19. The van der Waals surface area contributed by atoms with Crippen LogP contribution in [0.4, 0.5) is 0 Å². The molecule has 0 aliphatic carbocycles. The molecule has 0 radical (unpaired) electrons. The number of halogens is 3. The second kappa shape index (κ2) is 11.4. The topological polar surface area (TPSA) is 90.7 Å². The van der Waals surface area contributed by atoms with Crippen LogP contribution in [0.1, 0.15) is 24.6 Å². The van der Waals surface area contributed by atoms with Gasteiger partial charge in [0.05, 0.1) is 34.7 Å². The summed E-state index contributed by atoms with van der Waals surface area (Å²) in [5.41, 5.74) is 2.25. The lowest BCUT2D eigenvalue weighted by Crippen LogP contribution is -2.46. The number of benzene rings is 1. The Kier molecular flexibility index (Phi) is 8.47. The van der Waals surface area contributed by atoms with Gasteiger partial charge in [-0.2, -0.15) is 0 Å². The number of hydrogen-bond donors (Lipinski definition) is 1. The predicted octanol–water partition coefficient (Wildman–Crippen LogP) is 3.25. The zero-order valence-corrected chi connectivity index (χ0v) is 21.9. The molecule has 3 aliphatic rings. The number of hydrogen-bond acceptors (Lipinski definition) is 8. The van der Waals surface area contributed by atoms with Crippen LogP contribution in [0.2, 0.25) is 5.02 Å². The average molecular weight is 557 g/mol. The largest absolute Gasteiger partial charge is 0.488 e. The summed E-state index contributed by atoms with van der Waals surface area (Å²) >= 11 is 6.32. The second-order valence-corrected chi connectivity index (χ2v) is 9.36. The van der Waals surface area contributed by atoms with Crippen molar-refractivity contribution in [2.24, 2.45) is 0 Å². The molecule has 3 aromatic rings. The molecule has 1 aromatic carbocycles. The highest BCUT2D eigenvalue weighted by Gasteiger charge is 2.29.